The average molecular weight is 465 g/mol. The summed E-state index contributed by atoms with van der Waals surface area (Å²) in [5, 5.41) is 13.8. The molecule has 2 atom stereocenters. The van der Waals surface area contributed by atoms with E-state index in [1.807, 2.05) is 43.3 Å². The van der Waals surface area contributed by atoms with Crippen molar-refractivity contribution in [2.75, 3.05) is 13.7 Å². The van der Waals surface area contributed by atoms with Crippen molar-refractivity contribution in [1.82, 2.24) is 29.9 Å². The van der Waals surface area contributed by atoms with Gasteiger partial charge in [0, 0.05) is 30.1 Å². The molecule has 1 saturated heterocycles. The van der Waals surface area contributed by atoms with Gasteiger partial charge in [-0.25, -0.2) is 0 Å². The van der Waals surface area contributed by atoms with Gasteiger partial charge in [-0.2, -0.15) is 4.98 Å². The summed E-state index contributed by atoms with van der Waals surface area (Å²) < 4.78 is 18.9. The second kappa shape index (κ2) is 9.72. The van der Waals surface area contributed by atoms with Crippen molar-refractivity contribution in [3.8, 4) is 28.5 Å². The first kappa shape index (κ1) is 21.6. The van der Waals surface area contributed by atoms with Crippen LogP contribution in [0, 0.1) is 0 Å². The number of pyridine rings is 1. The topological polar surface area (TPSA) is 101 Å². The Kier molecular flexibility index (Phi) is 6.36. The molecule has 0 N–H and O–H groups in total. The predicted molar refractivity (Wildman–Crippen MR) is 123 cm³/mol. The molecule has 0 radical (unpaired) electrons. The van der Waals surface area contributed by atoms with Crippen molar-refractivity contribution in [3.63, 3.8) is 0 Å². The average Bonchev–Trinajstić information content (AvgIpc) is 3.62. The fraction of sp³-hybridized carbons (Fsp3) is 0.348. The van der Waals surface area contributed by atoms with Crippen molar-refractivity contribution in [2.24, 2.45) is 0 Å². The molecule has 0 amide bonds. The molecule has 1 aliphatic rings. The predicted octanol–water partition coefficient (Wildman–Crippen LogP) is 4.43. The largest absolute Gasteiger partial charge is 0.497 e. The molecular formula is C23H24N6O3S. The molecule has 0 aliphatic carbocycles. The first-order chi connectivity index (χ1) is 16.2. The van der Waals surface area contributed by atoms with Gasteiger partial charge in [0.25, 0.3) is 0 Å². The van der Waals surface area contributed by atoms with Crippen LogP contribution in [0.25, 0.3) is 22.8 Å². The smallest absolute Gasteiger partial charge is 0.240 e. The minimum atomic E-state index is -0.107. The molecule has 10 heteroatoms. The molecule has 0 saturated carbocycles. The molecule has 0 spiro atoms. The third-order valence-corrected chi connectivity index (χ3v) is 6.55. The molecule has 4 aromatic rings. The molecule has 4 heterocycles. The second-order valence-corrected chi connectivity index (χ2v) is 9.04. The highest BCUT2D eigenvalue weighted by molar-refractivity contribution is 7.99. The molecule has 1 aromatic carbocycles. The van der Waals surface area contributed by atoms with E-state index in [1.165, 1.54) is 11.8 Å². The monoisotopic (exact) mass is 464 g/mol. The molecular weight excluding hydrogens is 440 g/mol. The maximum Gasteiger partial charge on any atom is 0.240 e. The number of methoxy groups -OCH3 is 1. The summed E-state index contributed by atoms with van der Waals surface area (Å²) in [6.07, 6.45) is 5.66. The lowest BCUT2D eigenvalue weighted by Gasteiger charge is -2.15. The lowest BCUT2D eigenvalue weighted by molar-refractivity contribution is 0.0953. The number of aromatic nitrogens is 6. The number of hydrogen-bond acceptors (Lipinski definition) is 9. The third-order valence-electron chi connectivity index (χ3n) is 5.49. The lowest BCUT2D eigenvalue weighted by Crippen LogP contribution is -2.16. The van der Waals surface area contributed by atoms with Crippen LogP contribution < -0.4 is 4.74 Å². The van der Waals surface area contributed by atoms with E-state index in [2.05, 4.69) is 29.9 Å². The lowest BCUT2D eigenvalue weighted by atomic mass is 10.2. The van der Waals surface area contributed by atoms with Crippen molar-refractivity contribution < 1.29 is 14.0 Å². The fourth-order valence-electron chi connectivity index (χ4n) is 3.71. The highest BCUT2D eigenvalue weighted by atomic mass is 32.2. The zero-order valence-corrected chi connectivity index (χ0v) is 19.2. The zero-order chi connectivity index (χ0) is 22.6. The van der Waals surface area contributed by atoms with Crippen molar-refractivity contribution in [3.05, 3.63) is 54.7 Å². The van der Waals surface area contributed by atoms with Gasteiger partial charge in [0.15, 0.2) is 11.0 Å². The van der Waals surface area contributed by atoms with Gasteiger partial charge in [0.1, 0.15) is 5.75 Å². The van der Waals surface area contributed by atoms with Crippen molar-refractivity contribution in [1.29, 1.82) is 0 Å². The van der Waals surface area contributed by atoms with E-state index in [4.69, 9.17) is 14.0 Å². The summed E-state index contributed by atoms with van der Waals surface area (Å²) in [7, 11) is 1.66. The number of benzene rings is 1. The number of rotatable bonds is 8. The quantitative estimate of drug-likeness (QED) is 0.350. The van der Waals surface area contributed by atoms with Gasteiger partial charge in [0.05, 0.1) is 25.0 Å². The maximum atomic E-state index is 5.90. The molecule has 3 aromatic heterocycles. The Balaban J connectivity index is 1.41. The summed E-state index contributed by atoms with van der Waals surface area (Å²) in [6.45, 7) is 3.51. The normalized spacial score (nSPS) is 16.7. The highest BCUT2D eigenvalue weighted by Gasteiger charge is 2.25. The number of ether oxygens (including phenoxy) is 2. The number of hydrogen-bond donors (Lipinski definition) is 0. The molecule has 33 heavy (non-hydrogen) atoms. The Labute approximate surface area is 195 Å². The van der Waals surface area contributed by atoms with Crippen LogP contribution in [0.3, 0.4) is 0 Å². The van der Waals surface area contributed by atoms with Crippen LogP contribution in [-0.4, -0.2) is 49.7 Å². The van der Waals surface area contributed by atoms with E-state index in [0.29, 0.717) is 18.3 Å². The first-order valence-electron chi connectivity index (χ1n) is 10.8. The van der Waals surface area contributed by atoms with E-state index < -0.39 is 0 Å². The van der Waals surface area contributed by atoms with Crippen LogP contribution in [0.5, 0.6) is 5.75 Å². The maximum absolute atomic E-state index is 5.90. The molecule has 1 fully saturated rings. The summed E-state index contributed by atoms with van der Waals surface area (Å²) in [5.74, 6) is 2.67. The fourth-order valence-corrected chi connectivity index (χ4v) is 4.60. The van der Waals surface area contributed by atoms with Crippen LogP contribution in [0.2, 0.25) is 0 Å². The van der Waals surface area contributed by atoms with Gasteiger partial charge in [-0.1, -0.05) is 16.9 Å². The number of thioether (sulfide) groups is 1. The van der Waals surface area contributed by atoms with Crippen LogP contribution >= 0.6 is 11.8 Å². The van der Waals surface area contributed by atoms with Crippen molar-refractivity contribution in [2.45, 2.75) is 42.8 Å². The van der Waals surface area contributed by atoms with Crippen LogP contribution in [0.15, 0.2) is 58.5 Å². The zero-order valence-electron chi connectivity index (χ0n) is 18.4. The van der Waals surface area contributed by atoms with E-state index >= 15 is 0 Å². The Morgan fingerprint density at radius 2 is 1.94 bits per heavy atom. The Morgan fingerprint density at radius 3 is 2.67 bits per heavy atom. The van der Waals surface area contributed by atoms with Gasteiger partial charge in [0.2, 0.25) is 11.7 Å². The minimum Gasteiger partial charge on any atom is -0.497 e. The molecule has 5 rings (SSSR count). The Hall–Kier alpha value is -3.24. The molecule has 1 aliphatic heterocycles. The van der Waals surface area contributed by atoms with Gasteiger partial charge < -0.3 is 14.0 Å². The van der Waals surface area contributed by atoms with Gasteiger partial charge in [-0.05, 0) is 56.2 Å². The standard InChI is InChI=1S/C23H24N6O3S/c1-15(22-25-20(28-32-22)16-9-11-24-12-10-16)33-23-27-26-21(17-5-7-18(30-2)8-6-17)29(23)14-19-4-3-13-31-19/h5-12,15,19H,3-4,13-14H2,1-2H3/t15-,19+/m1/s1. The van der Waals surface area contributed by atoms with E-state index in [0.717, 1.165) is 47.3 Å². The SMILES string of the molecule is COc1ccc(-c2nnc(S[C@H](C)c3nc(-c4ccncc4)no3)n2C[C@@H]2CCCO2)cc1. The van der Waals surface area contributed by atoms with Crippen LogP contribution in [0.4, 0.5) is 0 Å². The van der Waals surface area contributed by atoms with Crippen LogP contribution in [0.1, 0.15) is 30.9 Å². The number of nitrogens with zero attached hydrogens (tertiary/aromatic N) is 6. The van der Waals surface area contributed by atoms with Crippen LogP contribution in [-0.2, 0) is 11.3 Å². The van der Waals surface area contributed by atoms with Gasteiger partial charge in [-0.15, -0.1) is 10.2 Å². The highest BCUT2D eigenvalue weighted by Crippen LogP contribution is 2.36. The van der Waals surface area contributed by atoms with Gasteiger partial charge in [-0.3, -0.25) is 9.55 Å². The summed E-state index contributed by atoms with van der Waals surface area (Å²) in [5.41, 5.74) is 1.83. The van der Waals surface area contributed by atoms with Crippen molar-refractivity contribution >= 4 is 11.8 Å². The molecule has 9 nitrogen and oxygen atoms in total. The Morgan fingerprint density at radius 1 is 1.12 bits per heavy atom. The minimum absolute atomic E-state index is 0.107. The summed E-state index contributed by atoms with van der Waals surface area (Å²) >= 11 is 1.54. The molecule has 0 bridgehead atoms. The first-order valence-corrected chi connectivity index (χ1v) is 11.7. The summed E-state index contributed by atoms with van der Waals surface area (Å²) in [6, 6.07) is 11.5. The third kappa shape index (κ3) is 4.76. The summed E-state index contributed by atoms with van der Waals surface area (Å²) in [4.78, 5) is 8.60. The van der Waals surface area contributed by atoms with E-state index in [-0.39, 0.29) is 11.4 Å². The van der Waals surface area contributed by atoms with E-state index in [9.17, 15) is 0 Å². The van der Waals surface area contributed by atoms with Gasteiger partial charge >= 0.3 is 0 Å². The Bertz CT molecular complexity index is 1190. The second-order valence-electron chi connectivity index (χ2n) is 7.73. The van der Waals surface area contributed by atoms with E-state index in [1.54, 1.807) is 19.5 Å². The molecule has 170 valence electrons. The molecule has 0 unspecified atom stereocenters.